The molecule has 0 saturated heterocycles. The van der Waals surface area contributed by atoms with E-state index in [1.165, 1.54) is 13.0 Å². The number of hydrogen-bond acceptors (Lipinski definition) is 4. The highest BCUT2D eigenvalue weighted by atomic mass is 19.4. The van der Waals surface area contributed by atoms with E-state index in [9.17, 15) is 22.8 Å². The smallest absolute Gasteiger partial charge is 0.417 e. The zero-order valence-corrected chi connectivity index (χ0v) is 12.5. The van der Waals surface area contributed by atoms with Gasteiger partial charge in [-0.1, -0.05) is 12.1 Å². The van der Waals surface area contributed by atoms with Gasteiger partial charge in [0.2, 0.25) is 0 Å². The third kappa shape index (κ3) is 4.98. The van der Waals surface area contributed by atoms with E-state index < -0.39 is 41.1 Å². The summed E-state index contributed by atoms with van der Waals surface area (Å²) in [6.45, 7) is 1.52. The van der Waals surface area contributed by atoms with E-state index in [1.54, 1.807) is 0 Å². The molecule has 124 valence electrons. The number of methoxy groups -OCH3 is 1. The van der Waals surface area contributed by atoms with Crippen LogP contribution < -0.4 is 5.32 Å². The molecule has 0 aromatic heterocycles. The number of esters is 1. The van der Waals surface area contributed by atoms with Gasteiger partial charge in [0.05, 0.1) is 24.3 Å². The van der Waals surface area contributed by atoms with Crippen LogP contribution >= 0.6 is 0 Å². The molecule has 0 aliphatic heterocycles. The molecule has 5 nitrogen and oxygen atoms in total. The van der Waals surface area contributed by atoms with Crippen molar-refractivity contribution in [2.75, 3.05) is 7.11 Å². The van der Waals surface area contributed by atoms with Gasteiger partial charge in [-0.3, -0.25) is 4.79 Å². The maximum Gasteiger partial charge on any atom is 0.417 e. The topological polar surface area (TPSA) is 79.2 Å². The van der Waals surface area contributed by atoms with Gasteiger partial charge in [-0.15, -0.1) is 0 Å². The maximum atomic E-state index is 12.9. The molecular weight excluding hydrogens is 313 g/mol. The molecule has 0 saturated carbocycles. The van der Waals surface area contributed by atoms with E-state index in [2.05, 4.69) is 10.1 Å². The van der Waals surface area contributed by atoms with Crippen molar-refractivity contribution in [3.63, 3.8) is 0 Å². The first-order valence-corrected chi connectivity index (χ1v) is 6.65. The first-order chi connectivity index (χ1) is 10.7. The molecule has 2 atom stereocenters. The van der Waals surface area contributed by atoms with Gasteiger partial charge in [0.1, 0.15) is 6.04 Å². The summed E-state index contributed by atoms with van der Waals surface area (Å²) in [4.78, 5) is 23.8. The highest BCUT2D eigenvalue weighted by Crippen LogP contribution is 2.31. The van der Waals surface area contributed by atoms with Crippen LogP contribution in [0.2, 0.25) is 0 Å². The molecule has 1 aromatic rings. The summed E-state index contributed by atoms with van der Waals surface area (Å²) in [6.07, 6.45) is -4.77. The lowest BCUT2D eigenvalue weighted by atomic mass is 10.0. The fourth-order valence-electron chi connectivity index (χ4n) is 1.93. The Kier molecular flexibility index (Phi) is 6.13. The van der Waals surface area contributed by atoms with Gasteiger partial charge < -0.3 is 10.1 Å². The second kappa shape index (κ2) is 7.63. The van der Waals surface area contributed by atoms with Crippen molar-refractivity contribution in [2.45, 2.75) is 25.6 Å². The third-order valence-corrected chi connectivity index (χ3v) is 3.08. The number of nitrogens with one attached hydrogen (secondary N) is 1. The number of benzene rings is 1. The highest BCUT2D eigenvalue weighted by Gasteiger charge is 2.35. The van der Waals surface area contributed by atoms with Crippen molar-refractivity contribution in [3.8, 4) is 6.07 Å². The van der Waals surface area contributed by atoms with Crippen molar-refractivity contribution in [1.82, 2.24) is 5.32 Å². The van der Waals surface area contributed by atoms with Gasteiger partial charge in [0, 0.05) is 5.92 Å². The Bertz CT molecular complexity index is 623. The van der Waals surface area contributed by atoms with E-state index in [-0.39, 0.29) is 6.42 Å². The highest BCUT2D eigenvalue weighted by molar-refractivity contribution is 5.98. The molecule has 1 aromatic carbocycles. The molecule has 8 heteroatoms. The minimum Gasteiger partial charge on any atom is -0.467 e. The van der Waals surface area contributed by atoms with Crippen molar-refractivity contribution < 1.29 is 27.5 Å². The number of halogens is 3. The molecule has 0 fully saturated rings. The van der Waals surface area contributed by atoms with Crippen molar-refractivity contribution in [3.05, 3.63) is 35.4 Å². The van der Waals surface area contributed by atoms with E-state index in [1.807, 2.05) is 6.07 Å². The Balaban J connectivity index is 3.05. The summed E-state index contributed by atoms with van der Waals surface area (Å²) in [5, 5.41) is 11.0. The predicted octanol–water partition coefficient (Wildman–Crippen LogP) is 2.53. The molecule has 0 unspecified atom stereocenters. The van der Waals surface area contributed by atoms with Crippen molar-refractivity contribution in [2.24, 2.45) is 5.92 Å². The summed E-state index contributed by atoms with van der Waals surface area (Å²) in [5.74, 6) is -2.47. The monoisotopic (exact) mass is 328 g/mol. The third-order valence-electron chi connectivity index (χ3n) is 3.08. The summed E-state index contributed by atoms with van der Waals surface area (Å²) in [7, 11) is 1.09. The number of rotatable bonds is 5. The number of amides is 1. The summed E-state index contributed by atoms with van der Waals surface area (Å²) in [5.41, 5.74) is -1.70. The molecule has 1 amide bonds. The Morgan fingerprint density at radius 3 is 2.48 bits per heavy atom. The van der Waals surface area contributed by atoms with E-state index >= 15 is 0 Å². The number of alkyl halides is 3. The normalized spacial score (nSPS) is 13.6. The van der Waals surface area contributed by atoms with Gasteiger partial charge in [-0.2, -0.15) is 18.4 Å². The molecular formula is C15H15F3N2O3. The van der Waals surface area contributed by atoms with E-state index in [0.29, 0.717) is 0 Å². The van der Waals surface area contributed by atoms with Crippen LogP contribution in [0.5, 0.6) is 0 Å². The Morgan fingerprint density at radius 2 is 1.96 bits per heavy atom. The zero-order valence-electron chi connectivity index (χ0n) is 12.5. The van der Waals surface area contributed by atoms with Crippen LogP contribution in [0.1, 0.15) is 29.3 Å². The lowest BCUT2D eigenvalue weighted by Gasteiger charge is -2.19. The fraction of sp³-hybridized carbons (Fsp3) is 0.400. The number of ether oxygens (including phenoxy) is 1. The zero-order chi connectivity index (χ0) is 17.6. The minimum absolute atomic E-state index is 0.0664. The maximum absolute atomic E-state index is 12.9. The molecule has 1 N–H and O–H groups in total. The predicted molar refractivity (Wildman–Crippen MR) is 74.1 cm³/mol. The van der Waals surface area contributed by atoms with Crippen LogP contribution in [0.4, 0.5) is 13.2 Å². The van der Waals surface area contributed by atoms with Gasteiger partial charge in [-0.05, 0) is 25.5 Å². The Labute approximate surface area is 131 Å². The average Bonchev–Trinajstić information content (AvgIpc) is 2.52. The fourth-order valence-corrected chi connectivity index (χ4v) is 1.93. The summed E-state index contributed by atoms with van der Waals surface area (Å²) in [6, 6.07) is 4.92. The molecule has 0 aliphatic rings. The van der Waals surface area contributed by atoms with Crippen LogP contribution in [0.25, 0.3) is 0 Å². The number of hydrogen-bond donors (Lipinski definition) is 1. The average molecular weight is 328 g/mol. The number of nitriles is 1. The standard InChI is InChI=1S/C15H15F3N2O3/c1-9(8-19)7-12(14(22)23-2)20-13(21)10-5-3-4-6-11(10)15(16,17)18/h3-6,9,12H,7H2,1-2H3,(H,20,21)/t9-,12+/m0/s1. The number of nitrogens with zero attached hydrogens (tertiary/aromatic N) is 1. The Hall–Kier alpha value is -2.56. The molecule has 0 spiro atoms. The van der Waals surface area contributed by atoms with Crippen molar-refractivity contribution in [1.29, 1.82) is 5.26 Å². The molecule has 0 radical (unpaired) electrons. The summed E-state index contributed by atoms with van der Waals surface area (Å²) >= 11 is 0. The molecule has 23 heavy (non-hydrogen) atoms. The largest absolute Gasteiger partial charge is 0.467 e. The van der Waals surface area contributed by atoms with E-state index in [0.717, 1.165) is 25.3 Å². The van der Waals surface area contributed by atoms with Gasteiger partial charge in [0.15, 0.2) is 0 Å². The molecule has 0 heterocycles. The second-order valence-corrected chi connectivity index (χ2v) is 4.86. The van der Waals surface area contributed by atoms with Crippen LogP contribution in [0.15, 0.2) is 24.3 Å². The first-order valence-electron chi connectivity index (χ1n) is 6.65. The van der Waals surface area contributed by atoms with Crippen LogP contribution in [0, 0.1) is 17.2 Å². The molecule has 0 aliphatic carbocycles. The first kappa shape index (κ1) is 18.5. The Morgan fingerprint density at radius 1 is 1.35 bits per heavy atom. The SMILES string of the molecule is COC(=O)[C@@H](C[C@H](C)C#N)NC(=O)c1ccccc1C(F)(F)F. The lowest BCUT2D eigenvalue weighted by Crippen LogP contribution is -2.43. The molecule has 1 rings (SSSR count). The quantitative estimate of drug-likeness (QED) is 0.843. The van der Waals surface area contributed by atoms with E-state index in [4.69, 9.17) is 5.26 Å². The van der Waals surface area contributed by atoms with Gasteiger partial charge in [-0.25, -0.2) is 4.79 Å². The number of carbonyl (C=O) groups is 2. The lowest BCUT2D eigenvalue weighted by molar-refractivity contribution is -0.143. The van der Waals surface area contributed by atoms with Crippen molar-refractivity contribution >= 4 is 11.9 Å². The van der Waals surface area contributed by atoms with Crippen LogP contribution in [-0.4, -0.2) is 25.0 Å². The summed E-state index contributed by atoms with van der Waals surface area (Å²) < 4.78 is 43.3. The van der Waals surface area contributed by atoms with Gasteiger partial charge >= 0.3 is 12.1 Å². The minimum atomic E-state index is -4.70. The van der Waals surface area contributed by atoms with Gasteiger partial charge in [0.25, 0.3) is 5.91 Å². The van der Waals surface area contributed by atoms with Crippen LogP contribution in [0.3, 0.4) is 0 Å². The number of carbonyl (C=O) groups excluding carboxylic acids is 2. The molecule has 0 bridgehead atoms. The van der Waals surface area contributed by atoms with Crippen LogP contribution in [-0.2, 0) is 15.7 Å². The second-order valence-electron chi connectivity index (χ2n) is 4.86.